The largest absolute Gasteiger partial charge is 0.356 e. The molecule has 1 saturated heterocycles. The molecule has 0 aromatic heterocycles. The Morgan fingerprint density at radius 2 is 2.00 bits per heavy atom. The number of nitrogens with zero attached hydrogens (tertiary/aromatic N) is 1. The average molecular weight is 335 g/mol. The summed E-state index contributed by atoms with van der Waals surface area (Å²) in [5.74, 6) is -0.752. The summed E-state index contributed by atoms with van der Waals surface area (Å²) >= 11 is 0. The number of carbonyl (C=O) groups excluding carboxylic acids is 3. The predicted octanol–water partition coefficient (Wildman–Crippen LogP) is 1.59. The third-order valence-corrected chi connectivity index (χ3v) is 3.90. The minimum absolute atomic E-state index is 0.183. The Morgan fingerprint density at radius 1 is 1.29 bits per heavy atom. The number of imide groups is 1. The number of hydrogen-bond donors (Lipinski definition) is 2. The van der Waals surface area contributed by atoms with Crippen LogP contribution in [0.25, 0.3) is 0 Å². The standard InChI is InChI=1S/C17H22FN3O3/c1-17(2)15(23)21(16(24)20-17)11-5-8-14(22)19-10-9-12-6-3-4-7-13(12)18/h3-4,6-7H,5,8-11H2,1-2H3,(H,19,22)(H,20,24). The third-order valence-electron chi connectivity index (χ3n) is 3.90. The van der Waals surface area contributed by atoms with E-state index >= 15 is 0 Å². The Kier molecular flexibility index (Phi) is 5.54. The molecule has 7 heteroatoms. The topological polar surface area (TPSA) is 78.5 Å². The van der Waals surface area contributed by atoms with Crippen LogP contribution in [0.5, 0.6) is 0 Å². The fourth-order valence-electron chi connectivity index (χ4n) is 2.54. The second-order valence-electron chi connectivity index (χ2n) is 6.31. The highest BCUT2D eigenvalue weighted by Crippen LogP contribution is 2.16. The Balaban J connectivity index is 1.68. The van der Waals surface area contributed by atoms with Gasteiger partial charge >= 0.3 is 6.03 Å². The summed E-state index contributed by atoms with van der Waals surface area (Å²) in [6, 6.07) is 6.01. The van der Waals surface area contributed by atoms with E-state index in [-0.39, 0.29) is 30.6 Å². The van der Waals surface area contributed by atoms with Gasteiger partial charge in [-0.1, -0.05) is 18.2 Å². The summed E-state index contributed by atoms with van der Waals surface area (Å²) in [7, 11) is 0. The number of nitrogens with one attached hydrogen (secondary N) is 2. The minimum atomic E-state index is -0.890. The summed E-state index contributed by atoms with van der Waals surface area (Å²) in [4.78, 5) is 36.6. The van der Waals surface area contributed by atoms with E-state index in [4.69, 9.17) is 0 Å². The van der Waals surface area contributed by atoms with Gasteiger partial charge in [0.25, 0.3) is 5.91 Å². The molecule has 1 aromatic carbocycles. The lowest BCUT2D eigenvalue weighted by Gasteiger charge is -2.15. The fraction of sp³-hybridized carbons (Fsp3) is 0.471. The van der Waals surface area contributed by atoms with E-state index < -0.39 is 11.6 Å². The Labute approximate surface area is 140 Å². The van der Waals surface area contributed by atoms with Gasteiger partial charge < -0.3 is 10.6 Å². The van der Waals surface area contributed by atoms with E-state index in [1.807, 2.05) is 0 Å². The molecule has 1 fully saturated rings. The van der Waals surface area contributed by atoms with Crippen LogP contribution in [0.3, 0.4) is 0 Å². The van der Waals surface area contributed by atoms with Crippen molar-refractivity contribution in [3.05, 3.63) is 35.6 Å². The van der Waals surface area contributed by atoms with E-state index in [1.54, 1.807) is 32.0 Å². The summed E-state index contributed by atoms with van der Waals surface area (Å²) in [6.07, 6.45) is 1.01. The van der Waals surface area contributed by atoms with Crippen LogP contribution in [0.2, 0.25) is 0 Å². The van der Waals surface area contributed by atoms with Crippen molar-refractivity contribution in [1.82, 2.24) is 15.5 Å². The van der Waals surface area contributed by atoms with Crippen molar-refractivity contribution in [1.29, 1.82) is 0 Å². The van der Waals surface area contributed by atoms with E-state index in [0.717, 1.165) is 4.90 Å². The maximum atomic E-state index is 13.4. The highest BCUT2D eigenvalue weighted by molar-refractivity contribution is 6.06. The summed E-state index contributed by atoms with van der Waals surface area (Å²) in [5, 5.41) is 5.30. The highest BCUT2D eigenvalue weighted by Gasteiger charge is 2.43. The van der Waals surface area contributed by atoms with Gasteiger partial charge in [-0.2, -0.15) is 0 Å². The zero-order chi connectivity index (χ0) is 17.7. The SMILES string of the molecule is CC1(C)NC(=O)N(CCCC(=O)NCCc2ccccc2F)C1=O. The van der Waals surface area contributed by atoms with Crippen molar-refractivity contribution in [2.75, 3.05) is 13.1 Å². The van der Waals surface area contributed by atoms with Gasteiger partial charge in [0.2, 0.25) is 5.91 Å². The maximum Gasteiger partial charge on any atom is 0.325 e. The molecule has 4 amide bonds. The van der Waals surface area contributed by atoms with Crippen molar-refractivity contribution in [3.8, 4) is 0 Å². The van der Waals surface area contributed by atoms with E-state index in [0.29, 0.717) is 24.9 Å². The van der Waals surface area contributed by atoms with Gasteiger partial charge in [0.15, 0.2) is 0 Å². The molecule has 1 heterocycles. The van der Waals surface area contributed by atoms with Gasteiger partial charge in [0.05, 0.1) is 0 Å². The highest BCUT2D eigenvalue weighted by atomic mass is 19.1. The second-order valence-corrected chi connectivity index (χ2v) is 6.31. The molecule has 2 N–H and O–H groups in total. The normalized spacial score (nSPS) is 16.2. The van der Waals surface area contributed by atoms with Crippen molar-refractivity contribution in [2.45, 2.75) is 38.6 Å². The molecule has 6 nitrogen and oxygen atoms in total. The van der Waals surface area contributed by atoms with Crippen LogP contribution in [0.15, 0.2) is 24.3 Å². The van der Waals surface area contributed by atoms with Crippen LogP contribution < -0.4 is 10.6 Å². The lowest BCUT2D eigenvalue weighted by Crippen LogP contribution is -2.40. The number of urea groups is 1. The van der Waals surface area contributed by atoms with Crippen molar-refractivity contribution in [3.63, 3.8) is 0 Å². The summed E-state index contributed by atoms with van der Waals surface area (Å²) in [5.41, 5.74) is -0.335. The first-order valence-electron chi connectivity index (χ1n) is 7.95. The molecule has 130 valence electrons. The number of halogens is 1. The first kappa shape index (κ1) is 17.9. The smallest absolute Gasteiger partial charge is 0.325 e. The molecular formula is C17H22FN3O3. The molecule has 0 bridgehead atoms. The van der Waals surface area contributed by atoms with Crippen LogP contribution in [-0.4, -0.2) is 41.4 Å². The summed E-state index contributed by atoms with van der Waals surface area (Å²) in [6.45, 7) is 3.83. The van der Waals surface area contributed by atoms with Gasteiger partial charge in [0.1, 0.15) is 11.4 Å². The molecule has 0 spiro atoms. The molecule has 1 aliphatic rings. The van der Waals surface area contributed by atoms with E-state index in [9.17, 15) is 18.8 Å². The number of hydrogen-bond acceptors (Lipinski definition) is 3. The number of amides is 4. The molecule has 0 radical (unpaired) electrons. The van der Waals surface area contributed by atoms with Crippen LogP contribution in [-0.2, 0) is 16.0 Å². The van der Waals surface area contributed by atoms with Crippen LogP contribution in [0.4, 0.5) is 9.18 Å². The lowest BCUT2D eigenvalue weighted by atomic mass is 10.1. The third kappa shape index (κ3) is 4.31. The average Bonchev–Trinajstić information content (AvgIpc) is 2.71. The Hall–Kier alpha value is -2.44. The number of benzene rings is 1. The zero-order valence-electron chi connectivity index (χ0n) is 13.9. The molecular weight excluding hydrogens is 313 g/mol. The van der Waals surface area contributed by atoms with Gasteiger partial charge in [0, 0.05) is 19.5 Å². The molecule has 24 heavy (non-hydrogen) atoms. The number of carbonyl (C=O) groups is 3. The van der Waals surface area contributed by atoms with Crippen LogP contribution >= 0.6 is 0 Å². The molecule has 0 atom stereocenters. The fourth-order valence-corrected chi connectivity index (χ4v) is 2.54. The quantitative estimate of drug-likeness (QED) is 0.743. The first-order valence-corrected chi connectivity index (χ1v) is 7.95. The second kappa shape index (κ2) is 7.42. The summed E-state index contributed by atoms with van der Waals surface area (Å²) < 4.78 is 13.4. The molecule has 0 saturated carbocycles. The van der Waals surface area contributed by atoms with Crippen LogP contribution in [0, 0.1) is 5.82 Å². The van der Waals surface area contributed by atoms with Gasteiger partial charge in [-0.25, -0.2) is 9.18 Å². The zero-order valence-corrected chi connectivity index (χ0v) is 13.9. The number of rotatable bonds is 7. The minimum Gasteiger partial charge on any atom is -0.356 e. The Bertz CT molecular complexity index is 646. The van der Waals surface area contributed by atoms with Crippen molar-refractivity contribution < 1.29 is 18.8 Å². The van der Waals surface area contributed by atoms with Crippen molar-refractivity contribution >= 4 is 17.8 Å². The van der Waals surface area contributed by atoms with E-state index in [2.05, 4.69) is 10.6 Å². The van der Waals surface area contributed by atoms with Gasteiger partial charge in [-0.15, -0.1) is 0 Å². The first-order chi connectivity index (χ1) is 11.3. The lowest BCUT2D eigenvalue weighted by molar-refractivity contribution is -0.130. The molecule has 0 aliphatic carbocycles. The maximum absolute atomic E-state index is 13.4. The monoisotopic (exact) mass is 335 g/mol. The molecule has 1 aromatic rings. The van der Waals surface area contributed by atoms with E-state index in [1.165, 1.54) is 6.07 Å². The predicted molar refractivity (Wildman–Crippen MR) is 86.7 cm³/mol. The molecule has 2 rings (SSSR count). The molecule has 0 unspecified atom stereocenters. The molecule has 1 aliphatic heterocycles. The van der Waals surface area contributed by atoms with Gasteiger partial charge in [-0.05, 0) is 38.3 Å². The van der Waals surface area contributed by atoms with Crippen LogP contribution in [0.1, 0.15) is 32.3 Å². The van der Waals surface area contributed by atoms with Gasteiger partial charge in [-0.3, -0.25) is 14.5 Å². The van der Waals surface area contributed by atoms with Crippen molar-refractivity contribution in [2.24, 2.45) is 0 Å². The Morgan fingerprint density at radius 3 is 2.62 bits per heavy atom.